The molecule has 9 nitrogen and oxygen atoms in total. The molecule has 3 aliphatic rings. The first-order valence-corrected chi connectivity index (χ1v) is 10.6. The summed E-state index contributed by atoms with van der Waals surface area (Å²) in [5.41, 5.74) is 1.43. The minimum Gasteiger partial charge on any atom is -0.322 e. The number of carbonyl (C=O) groups excluding carboxylic acids is 2. The predicted octanol–water partition coefficient (Wildman–Crippen LogP) is -0.126. The minimum absolute atomic E-state index is 0.101. The van der Waals surface area contributed by atoms with Crippen LogP contribution in [0, 0.1) is 0 Å². The first-order chi connectivity index (χ1) is 12.9. The van der Waals surface area contributed by atoms with E-state index >= 15 is 0 Å². The van der Waals surface area contributed by atoms with E-state index in [2.05, 4.69) is 10.6 Å². The Bertz CT molecular complexity index is 829. The number of hydrogen-bond acceptors (Lipinski definition) is 5. The number of β-lactam (4-membered cyclic amide) rings is 1. The molecule has 3 aliphatic heterocycles. The van der Waals surface area contributed by atoms with Crippen molar-refractivity contribution in [2.75, 3.05) is 56.0 Å². The van der Waals surface area contributed by atoms with E-state index < -0.39 is 15.3 Å². The average molecular weight is 393 g/mol. The monoisotopic (exact) mass is 393 g/mol. The minimum atomic E-state index is -3.35. The summed E-state index contributed by atoms with van der Waals surface area (Å²) in [6, 6.07) is 6.76. The van der Waals surface area contributed by atoms with Crippen molar-refractivity contribution in [1.82, 2.24) is 14.5 Å². The van der Waals surface area contributed by atoms with Crippen LogP contribution in [0.15, 0.2) is 24.3 Å². The van der Waals surface area contributed by atoms with Gasteiger partial charge in [-0.1, -0.05) is 0 Å². The molecular formula is C17H23N5O4S. The van der Waals surface area contributed by atoms with Gasteiger partial charge in [0, 0.05) is 63.6 Å². The van der Waals surface area contributed by atoms with Crippen molar-refractivity contribution in [2.45, 2.75) is 11.7 Å². The van der Waals surface area contributed by atoms with Gasteiger partial charge >= 0.3 is 6.03 Å². The zero-order valence-corrected chi connectivity index (χ0v) is 15.7. The molecule has 4 rings (SSSR count). The second kappa shape index (κ2) is 7.10. The second-order valence-corrected chi connectivity index (χ2v) is 9.21. The third-order valence-corrected chi connectivity index (χ3v) is 7.50. The molecule has 146 valence electrons. The molecular weight excluding hydrogens is 370 g/mol. The number of likely N-dealkylation sites (tertiary alicyclic amines) is 1. The van der Waals surface area contributed by atoms with E-state index in [1.165, 1.54) is 9.21 Å². The molecule has 0 bridgehead atoms. The highest BCUT2D eigenvalue weighted by Crippen LogP contribution is 2.25. The molecule has 3 fully saturated rings. The van der Waals surface area contributed by atoms with Crippen LogP contribution in [0.5, 0.6) is 0 Å². The highest BCUT2D eigenvalue weighted by Gasteiger charge is 2.43. The number of urea groups is 1. The Labute approximate surface area is 158 Å². The SMILES string of the molecule is O=C(Nc1ccc(N2CCC2=O)cc1)N1CC(S(=O)(=O)N2CCNCC2)C1. The topological polar surface area (TPSA) is 102 Å². The number of sulfonamides is 1. The molecule has 27 heavy (non-hydrogen) atoms. The molecule has 3 amide bonds. The lowest BCUT2D eigenvalue weighted by molar-refractivity contribution is -0.122. The van der Waals surface area contributed by atoms with E-state index in [9.17, 15) is 18.0 Å². The molecule has 1 aromatic carbocycles. The number of benzene rings is 1. The standard InChI is InChI=1S/C17H23N5O4S/c23-16-5-8-22(16)14-3-1-13(2-4-14)19-17(24)20-11-15(12-20)27(25,26)21-9-6-18-7-10-21/h1-4,15,18H,5-12H2,(H,19,24). The van der Waals surface area contributed by atoms with Crippen LogP contribution in [0.2, 0.25) is 0 Å². The maximum Gasteiger partial charge on any atom is 0.321 e. The summed E-state index contributed by atoms with van der Waals surface area (Å²) in [5.74, 6) is 0.101. The normalized spacial score (nSPS) is 21.6. The summed E-state index contributed by atoms with van der Waals surface area (Å²) in [6.45, 7) is 3.43. The van der Waals surface area contributed by atoms with Crippen LogP contribution in [0.3, 0.4) is 0 Å². The molecule has 0 aliphatic carbocycles. The zero-order chi connectivity index (χ0) is 19.0. The summed E-state index contributed by atoms with van der Waals surface area (Å²) < 4.78 is 26.6. The van der Waals surface area contributed by atoms with Crippen LogP contribution in [-0.4, -0.2) is 80.6 Å². The third kappa shape index (κ3) is 3.52. The molecule has 0 radical (unpaired) electrons. The Kier molecular flexibility index (Phi) is 4.79. The van der Waals surface area contributed by atoms with Crippen molar-refractivity contribution < 1.29 is 18.0 Å². The van der Waals surface area contributed by atoms with Crippen molar-refractivity contribution in [3.05, 3.63) is 24.3 Å². The Morgan fingerprint density at radius 1 is 1.07 bits per heavy atom. The molecule has 10 heteroatoms. The van der Waals surface area contributed by atoms with Gasteiger partial charge in [0.25, 0.3) is 0 Å². The number of nitrogens with one attached hydrogen (secondary N) is 2. The second-order valence-electron chi connectivity index (χ2n) is 6.99. The van der Waals surface area contributed by atoms with Gasteiger partial charge in [-0.05, 0) is 24.3 Å². The Balaban J connectivity index is 1.29. The van der Waals surface area contributed by atoms with Crippen LogP contribution in [0.4, 0.5) is 16.2 Å². The molecule has 2 N–H and O–H groups in total. The highest BCUT2D eigenvalue weighted by atomic mass is 32.2. The quantitative estimate of drug-likeness (QED) is 0.694. The summed E-state index contributed by atoms with van der Waals surface area (Å²) in [6.07, 6.45) is 0.575. The Hall–Kier alpha value is -2.17. The lowest BCUT2D eigenvalue weighted by Crippen LogP contribution is -2.62. The van der Waals surface area contributed by atoms with Gasteiger partial charge in [-0.25, -0.2) is 13.2 Å². The number of nitrogens with zero attached hydrogens (tertiary/aromatic N) is 3. The number of amides is 3. The van der Waals surface area contributed by atoms with Gasteiger partial charge in [0.05, 0.1) is 0 Å². The maximum absolute atomic E-state index is 12.6. The molecule has 3 heterocycles. The van der Waals surface area contributed by atoms with E-state index in [1.54, 1.807) is 29.2 Å². The van der Waals surface area contributed by atoms with E-state index in [4.69, 9.17) is 0 Å². The van der Waals surface area contributed by atoms with Crippen LogP contribution < -0.4 is 15.5 Å². The summed E-state index contributed by atoms with van der Waals surface area (Å²) in [5, 5.41) is 5.38. The van der Waals surface area contributed by atoms with E-state index in [0.717, 1.165) is 12.2 Å². The summed E-state index contributed by atoms with van der Waals surface area (Å²) in [7, 11) is -3.35. The number of anilines is 2. The fraction of sp³-hybridized carbons (Fsp3) is 0.529. The van der Waals surface area contributed by atoms with Gasteiger partial charge in [0.15, 0.2) is 0 Å². The van der Waals surface area contributed by atoms with Gasteiger partial charge in [0.1, 0.15) is 5.25 Å². The van der Waals surface area contributed by atoms with Crippen LogP contribution in [0.1, 0.15) is 6.42 Å². The van der Waals surface area contributed by atoms with Crippen LogP contribution in [0.25, 0.3) is 0 Å². The molecule has 1 aromatic rings. The highest BCUT2D eigenvalue weighted by molar-refractivity contribution is 7.89. The third-order valence-electron chi connectivity index (χ3n) is 5.27. The zero-order valence-electron chi connectivity index (χ0n) is 14.9. The first-order valence-electron chi connectivity index (χ1n) is 9.11. The lowest BCUT2D eigenvalue weighted by atomic mass is 10.1. The van der Waals surface area contributed by atoms with E-state index in [0.29, 0.717) is 38.3 Å². The summed E-state index contributed by atoms with van der Waals surface area (Å²) >= 11 is 0. The lowest BCUT2D eigenvalue weighted by Gasteiger charge is -2.41. The van der Waals surface area contributed by atoms with Crippen molar-refractivity contribution in [1.29, 1.82) is 0 Å². The fourth-order valence-corrected chi connectivity index (χ4v) is 5.27. The van der Waals surface area contributed by atoms with Gasteiger partial charge in [-0.15, -0.1) is 0 Å². The Morgan fingerprint density at radius 3 is 2.30 bits per heavy atom. The molecule has 0 atom stereocenters. The van der Waals surface area contributed by atoms with Crippen LogP contribution in [-0.2, 0) is 14.8 Å². The maximum atomic E-state index is 12.6. The molecule has 0 aromatic heterocycles. The van der Waals surface area contributed by atoms with Gasteiger partial charge < -0.3 is 20.4 Å². The summed E-state index contributed by atoms with van der Waals surface area (Å²) in [4.78, 5) is 26.9. The van der Waals surface area contributed by atoms with E-state index in [-0.39, 0.29) is 25.0 Å². The molecule has 0 spiro atoms. The van der Waals surface area contributed by atoms with Crippen molar-refractivity contribution in [2.24, 2.45) is 0 Å². The van der Waals surface area contributed by atoms with Crippen molar-refractivity contribution in [3.63, 3.8) is 0 Å². The average Bonchev–Trinajstić information content (AvgIpc) is 2.61. The smallest absolute Gasteiger partial charge is 0.321 e. The number of carbonyl (C=O) groups is 2. The number of piperazine rings is 1. The molecule has 0 unspecified atom stereocenters. The van der Waals surface area contributed by atoms with Gasteiger partial charge in [-0.3, -0.25) is 4.79 Å². The number of hydrogen-bond donors (Lipinski definition) is 2. The largest absolute Gasteiger partial charge is 0.322 e. The Morgan fingerprint density at radius 2 is 1.74 bits per heavy atom. The first kappa shape index (κ1) is 18.2. The molecule has 0 saturated carbocycles. The number of rotatable bonds is 4. The van der Waals surface area contributed by atoms with Crippen LogP contribution >= 0.6 is 0 Å². The fourth-order valence-electron chi connectivity index (χ4n) is 3.42. The van der Waals surface area contributed by atoms with E-state index in [1.807, 2.05) is 0 Å². The van der Waals surface area contributed by atoms with Gasteiger partial charge in [0.2, 0.25) is 15.9 Å². The van der Waals surface area contributed by atoms with Gasteiger partial charge in [-0.2, -0.15) is 4.31 Å². The van der Waals surface area contributed by atoms with Crippen molar-refractivity contribution >= 4 is 33.3 Å². The van der Waals surface area contributed by atoms with Crippen molar-refractivity contribution in [3.8, 4) is 0 Å². The molecule has 3 saturated heterocycles. The predicted molar refractivity (Wildman–Crippen MR) is 101 cm³/mol.